The lowest BCUT2D eigenvalue weighted by Crippen LogP contribution is -2.43. The molecule has 1 aromatic rings. The quantitative estimate of drug-likeness (QED) is 0.670. The molecule has 0 saturated heterocycles. The monoisotopic (exact) mass is 399 g/mol. The van der Waals surface area contributed by atoms with Crippen molar-refractivity contribution in [1.82, 2.24) is 9.62 Å². The van der Waals surface area contributed by atoms with Gasteiger partial charge in [0.05, 0.1) is 9.60 Å². The van der Waals surface area contributed by atoms with Crippen LogP contribution in [0.25, 0.3) is 0 Å². The Morgan fingerprint density at radius 3 is 3.17 bits per heavy atom. The number of rotatable bonds is 7. The fraction of sp³-hybridized carbons (Fsp3) is 0.667. The standard InChI is InChI=1S/C12H21N3O5S3/c1-3-14-10-8-15(5-4-6-20-2)23(18,19)12-9(10)7-11(21-12)22(13,16)17/h7,10,14H,3-6,8H2,1-2H3,(H2,13,16,17)/t10-/m0/s1/i2D3,3D2,4D2,5D2,6D2,7D,8D2,10D/hD. The van der Waals surface area contributed by atoms with Crippen LogP contribution < -0.4 is 10.4 Å². The molecule has 0 radical (unpaired) electrons. The number of hydrogen-bond acceptors (Lipinski definition) is 7. The van der Waals surface area contributed by atoms with Crippen molar-refractivity contribution < 1.29 is 43.5 Å². The van der Waals surface area contributed by atoms with Gasteiger partial charge in [-0.3, -0.25) is 0 Å². The van der Waals surface area contributed by atoms with Crippen molar-refractivity contribution in [3.63, 3.8) is 0 Å². The number of fused-ring (bicyclic) bond motifs is 1. The molecule has 1 aliphatic heterocycles. The molecule has 132 valence electrons. The van der Waals surface area contributed by atoms with E-state index in [1.54, 1.807) is 0 Å². The van der Waals surface area contributed by atoms with Crippen molar-refractivity contribution >= 4 is 31.4 Å². The molecule has 0 unspecified atom stereocenters. The highest BCUT2D eigenvalue weighted by Gasteiger charge is 2.39. The second kappa shape index (κ2) is 7.13. The highest BCUT2D eigenvalue weighted by atomic mass is 32.3. The van der Waals surface area contributed by atoms with Crippen molar-refractivity contribution in [3.8, 4) is 0 Å². The third-order valence-electron chi connectivity index (χ3n) is 2.28. The minimum atomic E-state index is -5.94. The minimum absolute atomic E-state index is 0.398. The maximum absolute atomic E-state index is 13.6. The number of likely N-dealkylation sites (N-methyl/N-ethyl adjacent to an activating group) is 1. The topological polar surface area (TPSA) is 119 Å². The molecule has 0 fully saturated rings. The smallest absolute Gasteiger partial charge is 0.252 e. The summed E-state index contributed by atoms with van der Waals surface area (Å²) in [5.74, 6) is 0. The summed E-state index contributed by atoms with van der Waals surface area (Å²) in [5, 5.41) is 4.43. The van der Waals surface area contributed by atoms with Gasteiger partial charge in [-0.2, -0.15) is 4.31 Å². The number of nitrogens with one attached hydrogen (secondary N) is 1. The Bertz CT molecular complexity index is 1370. The fourth-order valence-electron chi connectivity index (χ4n) is 1.46. The van der Waals surface area contributed by atoms with E-state index in [-0.39, 0.29) is 0 Å². The molecule has 0 spiro atoms. The second-order valence-electron chi connectivity index (χ2n) is 3.73. The van der Waals surface area contributed by atoms with Crippen molar-refractivity contribution in [2.75, 3.05) is 33.1 Å². The number of sulfonamides is 2. The van der Waals surface area contributed by atoms with Crippen LogP contribution in [-0.2, 0) is 24.8 Å². The largest absolute Gasteiger partial charge is 0.385 e. The molecule has 0 saturated carbocycles. The molecule has 23 heavy (non-hydrogen) atoms. The summed E-state index contributed by atoms with van der Waals surface area (Å²) < 4.78 is 178. The van der Waals surface area contributed by atoms with Crippen molar-refractivity contribution in [2.45, 2.75) is 27.7 Å². The van der Waals surface area contributed by atoms with Gasteiger partial charge in [0, 0.05) is 49.1 Å². The summed E-state index contributed by atoms with van der Waals surface area (Å²) >= 11 is -0.398. The normalized spacial score (nSPS) is 40.1. The SMILES string of the molecule is [2H]c1c(S(N)(=O)=O)sc2c1[C@@]([2H])(N([2H])C([2H])([2H])C)C([2H])([2H])N(C([2H])([2H])C([2H])([2H])C([2H])([2H])OC([2H])([2H])[2H])S2(=O)=O. The van der Waals surface area contributed by atoms with Crippen LogP contribution >= 0.6 is 11.3 Å². The summed E-state index contributed by atoms with van der Waals surface area (Å²) in [5.41, 5.74) is -1.45. The van der Waals surface area contributed by atoms with Crippen LogP contribution in [-0.4, -0.2) is 54.2 Å². The Morgan fingerprint density at radius 2 is 2.57 bits per heavy atom. The van der Waals surface area contributed by atoms with Gasteiger partial charge >= 0.3 is 0 Å². The van der Waals surface area contributed by atoms with E-state index in [0.29, 0.717) is 6.92 Å². The lowest BCUT2D eigenvalue weighted by Gasteiger charge is -2.32. The predicted octanol–water partition coefficient (Wildman–Crippen LogP) is 0.0869. The summed E-state index contributed by atoms with van der Waals surface area (Å²) in [6.45, 7) is -15.7. The fourth-order valence-corrected chi connectivity index (χ4v) is 4.98. The number of methoxy groups -OCH3 is 1. The molecule has 0 aliphatic carbocycles. The number of nitrogens with two attached hydrogens (primary N) is 1. The molecule has 8 nitrogen and oxygen atoms in total. The summed E-state index contributed by atoms with van der Waals surface area (Å²) in [7, 11) is -14.7. The van der Waals surface area contributed by atoms with Gasteiger partial charge in [-0.15, -0.1) is 11.3 Å². The zero-order chi connectivity index (χ0) is 31.4. The van der Waals surface area contributed by atoms with E-state index in [2.05, 4.69) is 4.74 Å². The first kappa shape index (κ1) is 6.63. The third kappa shape index (κ3) is 3.92. The molecule has 3 N–H and O–H groups in total. The van der Waals surface area contributed by atoms with E-state index in [9.17, 15) is 16.8 Å². The van der Waals surface area contributed by atoms with Crippen LogP contribution in [0.3, 0.4) is 0 Å². The molecule has 1 aromatic heterocycles. The Balaban J connectivity index is 3.14. The summed E-state index contributed by atoms with van der Waals surface area (Å²) in [6, 6.07) is -5.32. The number of primary sulfonamides is 1. The van der Waals surface area contributed by atoms with Gasteiger partial charge in [-0.25, -0.2) is 22.0 Å². The van der Waals surface area contributed by atoms with Crippen LogP contribution in [0.5, 0.6) is 0 Å². The average Bonchev–Trinajstić information content (AvgIpc) is 3.01. The van der Waals surface area contributed by atoms with Gasteiger partial charge in [0.15, 0.2) is 0 Å². The van der Waals surface area contributed by atoms with E-state index in [4.69, 9.17) is 27.1 Å². The molecule has 0 amide bonds. The van der Waals surface area contributed by atoms with Crippen LogP contribution in [0.15, 0.2) is 14.5 Å². The summed E-state index contributed by atoms with van der Waals surface area (Å²) in [4.78, 5) is 0. The number of nitrogens with zero attached hydrogens (tertiary/aromatic N) is 1. The lowest BCUT2D eigenvalue weighted by molar-refractivity contribution is 0.185. The first-order chi connectivity index (χ1) is 16.7. The molecule has 1 atom stereocenters. The maximum atomic E-state index is 13.6. The Morgan fingerprint density at radius 1 is 1.83 bits per heavy atom. The van der Waals surface area contributed by atoms with Crippen LogP contribution in [0, 0.1) is 0 Å². The third-order valence-corrected chi connectivity index (χ3v) is 6.74. The van der Waals surface area contributed by atoms with Crippen LogP contribution in [0.1, 0.15) is 45.4 Å². The zero-order valence-corrected chi connectivity index (χ0v) is 13.7. The van der Waals surface area contributed by atoms with E-state index in [1.165, 1.54) is 0 Å². The number of hydrogen-bond donors (Lipinski definition) is 2. The van der Waals surface area contributed by atoms with Crippen molar-refractivity contribution in [3.05, 3.63) is 11.6 Å². The molecule has 2 rings (SSSR count). The van der Waals surface area contributed by atoms with Gasteiger partial charge in [0.1, 0.15) is 9.83 Å². The van der Waals surface area contributed by atoms with Crippen LogP contribution in [0.4, 0.5) is 0 Å². The molecule has 0 aromatic carbocycles. The molecular weight excluding hydrogens is 362 g/mol. The van der Waals surface area contributed by atoms with Gasteiger partial charge in [-0.05, 0) is 18.9 Å². The first-order valence-corrected chi connectivity index (χ1v) is 9.26. The number of ether oxygens (including phenoxy) is 1. The van der Waals surface area contributed by atoms with E-state index >= 15 is 0 Å². The molecule has 2 heterocycles. The summed E-state index contributed by atoms with van der Waals surface area (Å²) in [6.07, 6.45) is -4.44. The average molecular weight is 400 g/mol. The maximum Gasteiger partial charge on any atom is 0.252 e. The van der Waals surface area contributed by atoms with Crippen molar-refractivity contribution in [2.24, 2.45) is 5.14 Å². The molecule has 0 bridgehead atoms. The molecular formula is C12H21N3O5S3. The van der Waals surface area contributed by atoms with E-state index < -0.39 is 107 Å². The van der Waals surface area contributed by atoms with E-state index in [1.807, 2.05) is 0 Å². The Labute approximate surface area is 163 Å². The Hall–Kier alpha value is -0.560. The van der Waals surface area contributed by atoms with Gasteiger partial charge < -0.3 is 10.0 Å². The zero-order valence-electron chi connectivity index (χ0n) is 27.2. The Kier molecular flexibility index (Phi) is 2.06. The van der Waals surface area contributed by atoms with Crippen molar-refractivity contribution in [1.29, 1.82) is 0 Å². The first-order valence-electron chi connectivity index (χ1n) is 13.4. The highest BCUT2D eigenvalue weighted by molar-refractivity contribution is 7.94. The minimum Gasteiger partial charge on any atom is -0.385 e. The number of thiophene rings is 1. The second-order valence-corrected chi connectivity index (χ2v) is 8.49. The molecule has 1 aliphatic rings. The van der Waals surface area contributed by atoms with Gasteiger partial charge in [-0.1, -0.05) is 6.92 Å². The highest BCUT2D eigenvalue weighted by Crippen LogP contribution is 2.39. The van der Waals surface area contributed by atoms with Gasteiger partial charge in [0.25, 0.3) is 10.0 Å². The van der Waals surface area contributed by atoms with Crippen LogP contribution in [0.2, 0.25) is 1.41 Å². The van der Waals surface area contributed by atoms with Gasteiger partial charge in [0.2, 0.25) is 10.0 Å². The predicted molar refractivity (Wildman–Crippen MR) is 87.4 cm³/mol. The lowest BCUT2D eigenvalue weighted by atomic mass is 10.1. The van der Waals surface area contributed by atoms with E-state index in [0.717, 1.165) is 0 Å². The molecule has 11 heteroatoms.